The lowest BCUT2D eigenvalue weighted by Crippen LogP contribution is -2.09. The summed E-state index contributed by atoms with van der Waals surface area (Å²) in [5, 5.41) is 10.4. The molecule has 1 heterocycles. The Morgan fingerprint density at radius 3 is 2.89 bits per heavy atom. The Labute approximate surface area is 113 Å². The Hall–Kier alpha value is -1.81. The van der Waals surface area contributed by atoms with Crippen LogP contribution in [0.15, 0.2) is 36.8 Å². The van der Waals surface area contributed by atoms with Crippen molar-refractivity contribution in [1.82, 2.24) is 9.55 Å². The number of aryl methyl sites for hydroxylation is 1. The van der Waals surface area contributed by atoms with Crippen molar-refractivity contribution in [3.63, 3.8) is 0 Å². The van der Waals surface area contributed by atoms with Crippen LogP contribution in [0.1, 0.15) is 30.7 Å². The lowest BCUT2D eigenvalue weighted by atomic mass is 10.0. The number of aliphatic hydroxyl groups is 1. The summed E-state index contributed by atoms with van der Waals surface area (Å²) in [6, 6.07) is 7.76. The van der Waals surface area contributed by atoms with Crippen molar-refractivity contribution in [2.75, 3.05) is 7.11 Å². The fraction of sp³-hybridized carbons (Fsp3) is 0.400. The van der Waals surface area contributed by atoms with Crippen LogP contribution in [-0.2, 0) is 13.0 Å². The van der Waals surface area contributed by atoms with Gasteiger partial charge < -0.3 is 14.4 Å². The highest BCUT2D eigenvalue weighted by atomic mass is 16.5. The number of aromatic nitrogens is 2. The lowest BCUT2D eigenvalue weighted by molar-refractivity contribution is 0.167. The van der Waals surface area contributed by atoms with Gasteiger partial charge in [-0.15, -0.1) is 0 Å². The van der Waals surface area contributed by atoms with Crippen LogP contribution in [0.5, 0.6) is 5.75 Å². The van der Waals surface area contributed by atoms with E-state index in [2.05, 4.69) is 11.9 Å². The molecule has 1 atom stereocenters. The molecule has 0 saturated carbocycles. The summed E-state index contributed by atoms with van der Waals surface area (Å²) in [6.45, 7) is 2.98. The molecule has 1 N–H and O–H groups in total. The predicted octanol–water partition coefficient (Wildman–Crippen LogP) is 2.58. The smallest absolute Gasteiger partial charge is 0.122 e. The zero-order valence-corrected chi connectivity index (χ0v) is 11.4. The summed E-state index contributed by atoms with van der Waals surface area (Å²) in [7, 11) is 1.65. The molecular weight excluding hydrogens is 240 g/mol. The number of hydrogen-bond acceptors (Lipinski definition) is 3. The van der Waals surface area contributed by atoms with Gasteiger partial charge in [-0.25, -0.2) is 4.98 Å². The van der Waals surface area contributed by atoms with Gasteiger partial charge in [-0.2, -0.15) is 0 Å². The van der Waals surface area contributed by atoms with E-state index in [1.54, 1.807) is 19.6 Å². The number of methoxy groups -OCH3 is 1. The monoisotopic (exact) mass is 260 g/mol. The maximum Gasteiger partial charge on any atom is 0.122 e. The van der Waals surface area contributed by atoms with Crippen molar-refractivity contribution in [2.24, 2.45) is 0 Å². The highest BCUT2D eigenvalue weighted by Gasteiger charge is 2.15. The molecule has 0 bridgehead atoms. The number of nitrogens with zero attached hydrogens (tertiary/aromatic N) is 2. The van der Waals surface area contributed by atoms with E-state index in [-0.39, 0.29) is 0 Å². The van der Waals surface area contributed by atoms with Crippen molar-refractivity contribution in [2.45, 2.75) is 32.4 Å². The van der Waals surface area contributed by atoms with Gasteiger partial charge >= 0.3 is 0 Å². The van der Waals surface area contributed by atoms with Gasteiger partial charge in [0.05, 0.1) is 31.4 Å². The van der Waals surface area contributed by atoms with Crippen molar-refractivity contribution < 1.29 is 9.84 Å². The minimum absolute atomic E-state index is 0.527. The number of rotatable bonds is 6. The van der Waals surface area contributed by atoms with E-state index in [1.165, 1.54) is 0 Å². The third kappa shape index (κ3) is 3.15. The Morgan fingerprint density at radius 1 is 1.37 bits per heavy atom. The van der Waals surface area contributed by atoms with Crippen LogP contribution in [0.25, 0.3) is 0 Å². The largest absolute Gasteiger partial charge is 0.496 e. The Morgan fingerprint density at radius 2 is 2.16 bits per heavy atom. The van der Waals surface area contributed by atoms with Crippen LogP contribution < -0.4 is 4.74 Å². The van der Waals surface area contributed by atoms with Crippen LogP contribution in [-0.4, -0.2) is 21.8 Å². The Bertz CT molecular complexity index is 522. The average molecular weight is 260 g/mol. The van der Waals surface area contributed by atoms with Gasteiger partial charge in [0.15, 0.2) is 0 Å². The van der Waals surface area contributed by atoms with Gasteiger partial charge in [-0.1, -0.05) is 25.1 Å². The van der Waals surface area contributed by atoms with Crippen molar-refractivity contribution in [1.29, 1.82) is 0 Å². The van der Waals surface area contributed by atoms with E-state index in [0.717, 1.165) is 30.0 Å². The van der Waals surface area contributed by atoms with Crippen LogP contribution in [0.2, 0.25) is 0 Å². The van der Waals surface area contributed by atoms with Gasteiger partial charge in [0, 0.05) is 13.0 Å². The highest BCUT2D eigenvalue weighted by Crippen LogP contribution is 2.24. The van der Waals surface area contributed by atoms with Crippen molar-refractivity contribution in [3.05, 3.63) is 48.0 Å². The van der Waals surface area contributed by atoms with Crippen LogP contribution in [0, 0.1) is 0 Å². The molecule has 0 aliphatic rings. The van der Waals surface area contributed by atoms with E-state index >= 15 is 0 Å². The summed E-state index contributed by atoms with van der Waals surface area (Å²) in [5.41, 5.74) is 1.86. The molecule has 102 valence electrons. The number of imidazole rings is 1. The van der Waals surface area contributed by atoms with Crippen LogP contribution >= 0.6 is 0 Å². The normalized spacial score (nSPS) is 12.4. The molecule has 0 spiro atoms. The first-order valence-electron chi connectivity index (χ1n) is 6.56. The Balaban J connectivity index is 2.16. The van der Waals surface area contributed by atoms with E-state index in [0.29, 0.717) is 6.42 Å². The second kappa shape index (κ2) is 6.38. The molecule has 19 heavy (non-hydrogen) atoms. The highest BCUT2D eigenvalue weighted by molar-refractivity contribution is 5.34. The third-order valence-corrected chi connectivity index (χ3v) is 3.16. The predicted molar refractivity (Wildman–Crippen MR) is 74.2 cm³/mol. The standard InChI is InChI=1S/C15H20N2O2/c1-3-8-17-11-16-10-13(17)14(18)9-12-6-4-5-7-15(12)19-2/h4-7,10-11,14,18H,3,8-9H2,1-2H3. The van der Waals surface area contributed by atoms with E-state index in [4.69, 9.17) is 4.74 Å². The SMILES string of the molecule is CCCn1cncc1C(O)Cc1ccccc1OC. The van der Waals surface area contributed by atoms with Crippen molar-refractivity contribution >= 4 is 0 Å². The molecule has 1 aromatic heterocycles. The molecule has 0 aliphatic heterocycles. The number of hydrogen-bond donors (Lipinski definition) is 1. The first-order valence-corrected chi connectivity index (χ1v) is 6.56. The molecule has 0 saturated heterocycles. The average Bonchev–Trinajstić information content (AvgIpc) is 2.88. The fourth-order valence-electron chi connectivity index (χ4n) is 2.22. The first-order chi connectivity index (χ1) is 9.26. The second-order valence-electron chi connectivity index (χ2n) is 4.54. The molecule has 2 aromatic rings. The molecule has 4 nitrogen and oxygen atoms in total. The minimum atomic E-state index is -0.564. The summed E-state index contributed by atoms with van der Waals surface area (Å²) in [5.74, 6) is 0.808. The fourth-order valence-corrected chi connectivity index (χ4v) is 2.22. The molecular formula is C15H20N2O2. The van der Waals surface area contributed by atoms with Crippen molar-refractivity contribution in [3.8, 4) is 5.75 Å². The molecule has 2 rings (SSSR count). The van der Waals surface area contributed by atoms with Gasteiger partial charge in [0.25, 0.3) is 0 Å². The minimum Gasteiger partial charge on any atom is -0.496 e. The van der Waals surface area contributed by atoms with Gasteiger partial charge in [0.1, 0.15) is 5.75 Å². The van der Waals surface area contributed by atoms with Gasteiger partial charge in [0.2, 0.25) is 0 Å². The van der Waals surface area contributed by atoms with E-state index in [9.17, 15) is 5.11 Å². The summed E-state index contributed by atoms with van der Waals surface area (Å²) < 4.78 is 7.31. The topological polar surface area (TPSA) is 47.3 Å². The Kier molecular flexibility index (Phi) is 4.58. The zero-order valence-electron chi connectivity index (χ0n) is 11.4. The number of aliphatic hydroxyl groups excluding tert-OH is 1. The third-order valence-electron chi connectivity index (χ3n) is 3.16. The van der Waals surface area contributed by atoms with Crippen LogP contribution in [0.4, 0.5) is 0 Å². The van der Waals surface area contributed by atoms with E-state index in [1.807, 2.05) is 28.8 Å². The maximum absolute atomic E-state index is 10.4. The van der Waals surface area contributed by atoms with E-state index < -0.39 is 6.10 Å². The molecule has 0 fully saturated rings. The maximum atomic E-state index is 10.4. The number of benzene rings is 1. The summed E-state index contributed by atoms with van der Waals surface area (Å²) in [6.07, 6.45) is 4.48. The molecule has 1 aromatic carbocycles. The number of ether oxygens (including phenoxy) is 1. The van der Waals surface area contributed by atoms with Gasteiger partial charge in [-0.05, 0) is 18.1 Å². The number of para-hydroxylation sites is 1. The zero-order chi connectivity index (χ0) is 13.7. The first kappa shape index (κ1) is 13.6. The molecule has 1 unspecified atom stereocenters. The molecule has 0 amide bonds. The quantitative estimate of drug-likeness (QED) is 0.868. The van der Waals surface area contributed by atoms with Gasteiger partial charge in [-0.3, -0.25) is 0 Å². The molecule has 0 radical (unpaired) electrons. The second-order valence-corrected chi connectivity index (χ2v) is 4.54. The van der Waals surface area contributed by atoms with Crippen LogP contribution in [0.3, 0.4) is 0 Å². The molecule has 0 aliphatic carbocycles. The summed E-state index contributed by atoms with van der Waals surface area (Å²) in [4.78, 5) is 4.12. The molecule has 4 heteroatoms. The lowest BCUT2D eigenvalue weighted by Gasteiger charge is -2.15. The summed E-state index contributed by atoms with van der Waals surface area (Å²) >= 11 is 0.